The average Bonchev–Trinajstić information content (AvgIpc) is 2.95. The largest absolute Gasteiger partial charge is 0.486 e. The van der Waals surface area contributed by atoms with E-state index in [1.807, 2.05) is 42.5 Å². The third-order valence-electron chi connectivity index (χ3n) is 5.23. The monoisotopic (exact) mass is 555 g/mol. The first-order valence-electron chi connectivity index (χ1n) is 11.4. The lowest BCUT2D eigenvalue weighted by Gasteiger charge is -2.17. The molecule has 0 radical (unpaired) electrons. The van der Waals surface area contributed by atoms with Gasteiger partial charge < -0.3 is 15.4 Å². The van der Waals surface area contributed by atoms with Gasteiger partial charge in [-0.2, -0.15) is 10.5 Å². The molecule has 4 aromatic rings. The first-order chi connectivity index (χ1) is 19.0. The predicted molar refractivity (Wildman–Crippen MR) is 150 cm³/mol. The SMILES string of the molecule is N#CC(C#N)=C(COc1ccc(Cl)cc1Cl)Nc1ccccc1NC(=O)Nc1ccc(-c2ccccc2)nn1. The van der Waals surface area contributed by atoms with E-state index in [0.29, 0.717) is 27.8 Å². The number of amides is 2. The van der Waals surface area contributed by atoms with Crippen LogP contribution in [0.2, 0.25) is 10.0 Å². The number of benzene rings is 3. The Morgan fingerprint density at radius 3 is 2.15 bits per heavy atom. The molecule has 3 N–H and O–H groups in total. The van der Waals surface area contributed by atoms with Gasteiger partial charge in [-0.25, -0.2) is 4.79 Å². The number of hydrogen-bond acceptors (Lipinski definition) is 7. The third kappa shape index (κ3) is 7.24. The van der Waals surface area contributed by atoms with Crippen molar-refractivity contribution in [3.05, 3.63) is 106 Å². The number of rotatable bonds is 8. The van der Waals surface area contributed by atoms with Gasteiger partial charge in [0.25, 0.3) is 0 Å². The zero-order chi connectivity index (χ0) is 27.6. The summed E-state index contributed by atoms with van der Waals surface area (Å²) in [6.45, 7) is -0.179. The van der Waals surface area contributed by atoms with Gasteiger partial charge in [0.2, 0.25) is 0 Å². The van der Waals surface area contributed by atoms with Gasteiger partial charge in [0, 0.05) is 10.6 Å². The molecule has 11 heteroatoms. The number of nitrogens with zero attached hydrogens (tertiary/aromatic N) is 4. The van der Waals surface area contributed by atoms with Crippen LogP contribution < -0.4 is 20.7 Å². The molecule has 0 bridgehead atoms. The Kier molecular flexibility index (Phi) is 8.94. The van der Waals surface area contributed by atoms with Crippen molar-refractivity contribution in [2.75, 3.05) is 22.6 Å². The fourth-order valence-electron chi connectivity index (χ4n) is 3.37. The number of anilines is 3. The Balaban J connectivity index is 1.47. The highest BCUT2D eigenvalue weighted by Gasteiger charge is 2.14. The van der Waals surface area contributed by atoms with Gasteiger partial charge in [-0.05, 0) is 42.5 Å². The van der Waals surface area contributed by atoms with E-state index in [1.54, 1.807) is 48.5 Å². The highest BCUT2D eigenvalue weighted by atomic mass is 35.5. The quantitative estimate of drug-likeness (QED) is 0.201. The number of urea groups is 1. The van der Waals surface area contributed by atoms with Crippen LogP contribution in [0.5, 0.6) is 5.75 Å². The summed E-state index contributed by atoms with van der Waals surface area (Å²) in [5.41, 5.74) is 2.34. The van der Waals surface area contributed by atoms with Gasteiger partial charge in [0.05, 0.1) is 27.8 Å². The number of halogens is 2. The van der Waals surface area contributed by atoms with Gasteiger partial charge in [-0.15, -0.1) is 10.2 Å². The number of nitrogens with one attached hydrogen (secondary N) is 3. The Bertz CT molecular complexity index is 1580. The van der Waals surface area contributed by atoms with E-state index >= 15 is 0 Å². The second kappa shape index (κ2) is 12.9. The summed E-state index contributed by atoms with van der Waals surface area (Å²) in [4.78, 5) is 12.7. The zero-order valence-electron chi connectivity index (χ0n) is 20.2. The number of para-hydroxylation sites is 2. The fraction of sp³-hybridized carbons (Fsp3) is 0.0357. The average molecular weight is 556 g/mol. The molecule has 9 nitrogen and oxygen atoms in total. The number of carbonyl (C=O) groups is 1. The maximum atomic E-state index is 12.7. The van der Waals surface area contributed by atoms with Crippen LogP contribution in [0.15, 0.2) is 96.2 Å². The number of allylic oxidation sites excluding steroid dienone is 1. The summed E-state index contributed by atoms with van der Waals surface area (Å²) in [5.74, 6) is 0.573. The van der Waals surface area contributed by atoms with Gasteiger partial charge in [0.15, 0.2) is 11.4 Å². The molecule has 192 valence electrons. The topological polar surface area (TPSA) is 136 Å². The van der Waals surface area contributed by atoms with Crippen molar-refractivity contribution in [2.45, 2.75) is 0 Å². The van der Waals surface area contributed by atoms with Crippen LogP contribution in [0.3, 0.4) is 0 Å². The first kappa shape index (κ1) is 27.0. The van der Waals surface area contributed by atoms with Crippen molar-refractivity contribution in [3.8, 4) is 29.1 Å². The van der Waals surface area contributed by atoms with Gasteiger partial charge in [0.1, 0.15) is 24.5 Å². The van der Waals surface area contributed by atoms with Crippen molar-refractivity contribution in [1.82, 2.24) is 10.2 Å². The maximum absolute atomic E-state index is 12.7. The molecule has 0 aliphatic carbocycles. The fourth-order valence-corrected chi connectivity index (χ4v) is 3.83. The smallest absolute Gasteiger partial charge is 0.324 e. The molecule has 39 heavy (non-hydrogen) atoms. The Labute approximate surface area is 234 Å². The van der Waals surface area contributed by atoms with Gasteiger partial charge in [-0.1, -0.05) is 65.7 Å². The summed E-state index contributed by atoms with van der Waals surface area (Å²) in [6, 6.07) is 27.5. The minimum atomic E-state index is -0.568. The van der Waals surface area contributed by atoms with E-state index in [1.165, 1.54) is 6.07 Å². The summed E-state index contributed by atoms with van der Waals surface area (Å²) < 4.78 is 5.72. The normalized spacial score (nSPS) is 9.95. The highest BCUT2D eigenvalue weighted by molar-refractivity contribution is 6.35. The number of ether oxygens (including phenoxy) is 1. The van der Waals surface area contributed by atoms with Crippen molar-refractivity contribution in [2.24, 2.45) is 0 Å². The lowest BCUT2D eigenvalue weighted by Crippen LogP contribution is -2.21. The lowest BCUT2D eigenvalue weighted by molar-refractivity contribution is 0.262. The van der Waals surface area contributed by atoms with Crippen LogP contribution in [-0.4, -0.2) is 22.8 Å². The molecule has 0 aliphatic rings. The predicted octanol–water partition coefficient (Wildman–Crippen LogP) is 6.89. The number of aromatic nitrogens is 2. The molecule has 0 atom stereocenters. The van der Waals surface area contributed by atoms with E-state index in [-0.39, 0.29) is 28.7 Å². The van der Waals surface area contributed by atoms with Crippen LogP contribution in [0.4, 0.5) is 22.0 Å². The number of nitriles is 2. The second-order valence-corrected chi connectivity index (χ2v) is 8.70. The summed E-state index contributed by atoms with van der Waals surface area (Å²) in [5, 5.41) is 36.3. The Morgan fingerprint density at radius 1 is 0.821 bits per heavy atom. The molecule has 0 saturated carbocycles. The first-order valence-corrected chi connectivity index (χ1v) is 12.2. The Morgan fingerprint density at radius 2 is 1.51 bits per heavy atom. The molecular formula is C28H19Cl2N7O2. The zero-order valence-corrected chi connectivity index (χ0v) is 21.7. The van der Waals surface area contributed by atoms with Crippen molar-refractivity contribution in [3.63, 3.8) is 0 Å². The molecule has 0 saturated heterocycles. The molecule has 2 amide bonds. The van der Waals surface area contributed by atoms with Gasteiger partial charge >= 0.3 is 6.03 Å². The number of hydrogen-bond donors (Lipinski definition) is 3. The van der Waals surface area contributed by atoms with E-state index < -0.39 is 6.03 Å². The van der Waals surface area contributed by atoms with Gasteiger partial charge in [-0.3, -0.25) is 5.32 Å². The molecule has 4 rings (SSSR count). The molecule has 0 aliphatic heterocycles. The van der Waals surface area contributed by atoms with Crippen LogP contribution in [0.25, 0.3) is 11.3 Å². The van der Waals surface area contributed by atoms with Crippen LogP contribution in [0, 0.1) is 22.7 Å². The highest BCUT2D eigenvalue weighted by Crippen LogP contribution is 2.29. The second-order valence-electron chi connectivity index (χ2n) is 7.86. The lowest BCUT2D eigenvalue weighted by atomic mass is 10.1. The molecule has 3 aromatic carbocycles. The minimum Gasteiger partial charge on any atom is -0.486 e. The molecule has 0 fully saturated rings. The maximum Gasteiger partial charge on any atom is 0.324 e. The van der Waals surface area contributed by atoms with Crippen molar-refractivity contribution >= 4 is 46.4 Å². The summed E-state index contributed by atoms with van der Waals surface area (Å²) in [6.07, 6.45) is 0. The van der Waals surface area contributed by atoms with Crippen LogP contribution in [-0.2, 0) is 0 Å². The Hall–Kier alpha value is -5.09. The van der Waals surface area contributed by atoms with Crippen LogP contribution in [0.1, 0.15) is 0 Å². The van der Waals surface area contributed by atoms with E-state index in [2.05, 4.69) is 26.1 Å². The van der Waals surface area contributed by atoms with Crippen molar-refractivity contribution < 1.29 is 9.53 Å². The van der Waals surface area contributed by atoms with Crippen molar-refractivity contribution in [1.29, 1.82) is 10.5 Å². The van der Waals surface area contributed by atoms with E-state index in [9.17, 15) is 15.3 Å². The molecule has 1 heterocycles. The van der Waals surface area contributed by atoms with E-state index in [4.69, 9.17) is 27.9 Å². The van der Waals surface area contributed by atoms with Crippen LogP contribution >= 0.6 is 23.2 Å². The third-order valence-corrected chi connectivity index (χ3v) is 5.76. The standard InChI is InChI=1S/C28H19Cl2N7O2/c29-20-10-12-26(21(30)14-20)39-17-25(19(15-31)16-32)33-23-8-4-5-9-24(23)34-28(38)35-27-13-11-22(36-37-27)18-6-2-1-3-7-18/h1-14,33H,17H2,(H2,34,35,37,38). The number of carbonyl (C=O) groups excluding carboxylic acids is 1. The van der Waals surface area contributed by atoms with E-state index in [0.717, 1.165) is 5.56 Å². The summed E-state index contributed by atoms with van der Waals surface area (Å²) in [7, 11) is 0. The molecular weight excluding hydrogens is 537 g/mol. The summed E-state index contributed by atoms with van der Waals surface area (Å²) >= 11 is 12.1. The molecule has 0 unspecified atom stereocenters. The molecule has 0 spiro atoms. The minimum absolute atomic E-state index is 0.169. The molecule has 1 aromatic heterocycles.